The number of carbonyl (C=O) groups is 1. The fraction of sp³-hybridized carbons (Fsp3) is 0.429. The lowest BCUT2D eigenvalue weighted by atomic mass is 9.97. The molecule has 0 aliphatic carbocycles. The summed E-state index contributed by atoms with van der Waals surface area (Å²) in [6, 6.07) is 19.2. The van der Waals surface area contributed by atoms with Crippen LogP contribution in [-0.4, -0.2) is 61.3 Å². The van der Waals surface area contributed by atoms with Gasteiger partial charge in [0.05, 0.1) is 18.4 Å². The van der Waals surface area contributed by atoms with E-state index in [1.807, 2.05) is 0 Å². The number of carbonyl (C=O) groups excluding carboxylic acids is 1. The average Bonchev–Trinajstić information content (AvgIpc) is 2.88. The number of piperazine rings is 1. The second-order valence-electron chi connectivity index (χ2n) is 9.21. The number of pyridine rings is 1. The Bertz CT molecular complexity index is 1140. The van der Waals surface area contributed by atoms with E-state index in [0.717, 1.165) is 61.8 Å². The summed E-state index contributed by atoms with van der Waals surface area (Å²) < 4.78 is 11.4. The fourth-order valence-electron chi connectivity index (χ4n) is 5.05. The number of aromatic nitrogens is 1. The molecule has 0 unspecified atom stereocenters. The topological polar surface area (TPSA) is 54.9 Å². The Balaban J connectivity index is 1.40. The molecule has 178 valence electrons. The fourth-order valence-corrected chi connectivity index (χ4v) is 5.05. The summed E-state index contributed by atoms with van der Waals surface area (Å²) in [5.41, 5.74) is 3.19. The molecule has 2 aromatic carbocycles. The minimum Gasteiger partial charge on any atom is -0.462 e. The number of ether oxygens (including phenoxy) is 2. The number of esters is 1. The van der Waals surface area contributed by atoms with Gasteiger partial charge in [-0.1, -0.05) is 55.5 Å². The maximum absolute atomic E-state index is 11.3. The molecule has 0 bridgehead atoms. The number of rotatable bonds is 5. The highest BCUT2D eigenvalue weighted by Gasteiger charge is 2.26. The molecule has 0 saturated carbocycles. The molecular formula is C28H33N3O3. The van der Waals surface area contributed by atoms with E-state index in [4.69, 9.17) is 14.5 Å². The second kappa shape index (κ2) is 10.1. The Hall–Kier alpha value is -2.96. The molecule has 6 nitrogen and oxygen atoms in total. The molecule has 34 heavy (non-hydrogen) atoms. The van der Waals surface area contributed by atoms with E-state index < -0.39 is 0 Å². The van der Waals surface area contributed by atoms with Crippen molar-refractivity contribution in [1.82, 2.24) is 9.88 Å². The van der Waals surface area contributed by atoms with Crippen LogP contribution in [-0.2, 0) is 14.3 Å². The van der Waals surface area contributed by atoms with Gasteiger partial charge in [-0.3, -0.25) is 4.79 Å². The molecule has 3 heterocycles. The zero-order valence-corrected chi connectivity index (χ0v) is 20.1. The molecule has 1 aromatic heterocycles. The van der Waals surface area contributed by atoms with Gasteiger partial charge in [-0.15, -0.1) is 0 Å². The molecule has 2 aliphatic rings. The van der Waals surface area contributed by atoms with Crippen molar-refractivity contribution in [2.24, 2.45) is 0 Å². The van der Waals surface area contributed by atoms with Gasteiger partial charge in [0.2, 0.25) is 0 Å². The maximum atomic E-state index is 11.3. The molecule has 6 heteroatoms. The minimum absolute atomic E-state index is 0.0536. The zero-order valence-electron chi connectivity index (χ0n) is 20.1. The summed E-state index contributed by atoms with van der Waals surface area (Å²) in [5.74, 6) is 0.850. The predicted molar refractivity (Wildman–Crippen MR) is 135 cm³/mol. The zero-order chi connectivity index (χ0) is 23.5. The van der Waals surface area contributed by atoms with E-state index in [9.17, 15) is 4.79 Å². The molecule has 0 radical (unpaired) electrons. The van der Waals surface area contributed by atoms with Gasteiger partial charge in [-0.2, -0.15) is 0 Å². The largest absolute Gasteiger partial charge is 0.462 e. The van der Waals surface area contributed by atoms with Crippen LogP contribution in [0.25, 0.3) is 22.0 Å². The Morgan fingerprint density at radius 3 is 2.59 bits per heavy atom. The number of likely N-dealkylation sites (N-methyl/N-ethyl adjacent to an activating group) is 1. The van der Waals surface area contributed by atoms with E-state index in [-0.39, 0.29) is 18.2 Å². The number of nitrogens with zero attached hydrogens (tertiary/aromatic N) is 3. The normalized spacial score (nSPS) is 21.5. The standard InChI is InChI=1S/C28H33N3O3/c1-3-30-13-15-31(16-14-30)28-25-7-5-4-6-23(25)18-26(29-28)21-8-10-22(11-9-21)27-19-24(12-17-33-27)34-20(2)32/h4-11,18,24,27H,3,12-17,19H2,1-2H3/t24-,27+/m0/s1. The van der Waals surface area contributed by atoms with Crippen molar-refractivity contribution in [2.45, 2.75) is 38.9 Å². The van der Waals surface area contributed by atoms with Crippen molar-refractivity contribution in [3.05, 3.63) is 60.2 Å². The number of anilines is 1. The number of hydrogen-bond acceptors (Lipinski definition) is 6. The van der Waals surface area contributed by atoms with Crippen LogP contribution >= 0.6 is 0 Å². The minimum atomic E-state index is -0.227. The van der Waals surface area contributed by atoms with Gasteiger partial charge >= 0.3 is 5.97 Å². The SMILES string of the molecule is CCN1CCN(c2nc(-c3ccc([C@H]4C[C@@H](OC(C)=O)CCO4)cc3)cc3ccccc23)CC1. The second-order valence-corrected chi connectivity index (χ2v) is 9.21. The molecule has 2 saturated heterocycles. The third kappa shape index (κ3) is 4.93. The highest BCUT2D eigenvalue weighted by molar-refractivity contribution is 5.95. The van der Waals surface area contributed by atoms with Crippen molar-refractivity contribution in [3.8, 4) is 11.3 Å². The Labute approximate surface area is 201 Å². The summed E-state index contributed by atoms with van der Waals surface area (Å²) in [6.45, 7) is 9.52. The Morgan fingerprint density at radius 1 is 1.09 bits per heavy atom. The molecule has 0 amide bonds. The maximum Gasteiger partial charge on any atom is 0.302 e. The monoisotopic (exact) mass is 459 g/mol. The summed E-state index contributed by atoms with van der Waals surface area (Å²) in [6.07, 6.45) is 1.32. The first-order valence-electron chi connectivity index (χ1n) is 12.4. The van der Waals surface area contributed by atoms with Crippen LogP contribution in [0, 0.1) is 0 Å². The van der Waals surface area contributed by atoms with Gasteiger partial charge in [-0.25, -0.2) is 4.98 Å². The van der Waals surface area contributed by atoms with Gasteiger partial charge in [0.25, 0.3) is 0 Å². The number of hydrogen-bond donors (Lipinski definition) is 0. The molecule has 3 aromatic rings. The van der Waals surface area contributed by atoms with Gasteiger partial charge in [0.15, 0.2) is 0 Å². The lowest BCUT2D eigenvalue weighted by molar-refractivity contribution is -0.153. The van der Waals surface area contributed by atoms with Crippen LogP contribution in [0.2, 0.25) is 0 Å². The molecule has 0 N–H and O–H groups in total. The highest BCUT2D eigenvalue weighted by Crippen LogP contribution is 2.33. The summed E-state index contributed by atoms with van der Waals surface area (Å²) >= 11 is 0. The van der Waals surface area contributed by atoms with Crippen molar-refractivity contribution < 1.29 is 14.3 Å². The summed E-state index contributed by atoms with van der Waals surface area (Å²) in [4.78, 5) is 21.4. The summed E-state index contributed by atoms with van der Waals surface area (Å²) in [5, 5.41) is 2.42. The smallest absolute Gasteiger partial charge is 0.302 e. The molecule has 2 aliphatic heterocycles. The first kappa shape index (κ1) is 22.8. The van der Waals surface area contributed by atoms with Gasteiger partial charge < -0.3 is 19.3 Å². The van der Waals surface area contributed by atoms with E-state index >= 15 is 0 Å². The molecule has 2 atom stereocenters. The molecule has 2 fully saturated rings. The van der Waals surface area contributed by atoms with E-state index in [0.29, 0.717) is 13.0 Å². The van der Waals surface area contributed by atoms with Gasteiger partial charge in [-0.05, 0) is 23.6 Å². The van der Waals surface area contributed by atoms with Crippen LogP contribution in [0.15, 0.2) is 54.6 Å². The average molecular weight is 460 g/mol. The van der Waals surface area contributed by atoms with E-state index in [1.54, 1.807) is 0 Å². The molecule has 0 spiro atoms. The third-order valence-electron chi connectivity index (χ3n) is 6.99. The van der Waals surface area contributed by atoms with Gasteiger partial charge in [0, 0.05) is 56.9 Å². The van der Waals surface area contributed by atoms with Gasteiger partial charge in [0.1, 0.15) is 11.9 Å². The van der Waals surface area contributed by atoms with Crippen LogP contribution in [0.4, 0.5) is 5.82 Å². The number of fused-ring (bicyclic) bond motifs is 1. The molecular weight excluding hydrogens is 426 g/mol. The molecule has 5 rings (SSSR count). The lowest BCUT2D eigenvalue weighted by Crippen LogP contribution is -2.46. The van der Waals surface area contributed by atoms with E-state index in [1.165, 1.54) is 17.7 Å². The van der Waals surface area contributed by atoms with E-state index in [2.05, 4.69) is 71.3 Å². The van der Waals surface area contributed by atoms with Crippen LogP contribution in [0.3, 0.4) is 0 Å². The Morgan fingerprint density at radius 2 is 1.85 bits per heavy atom. The van der Waals surface area contributed by atoms with Crippen molar-refractivity contribution in [3.63, 3.8) is 0 Å². The first-order valence-corrected chi connectivity index (χ1v) is 12.4. The van der Waals surface area contributed by atoms with Crippen LogP contribution in [0.5, 0.6) is 0 Å². The Kier molecular flexibility index (Phi) is 6.79. The third-order valence-corrected chi connectivity index (χ3v) is 6.99. The lowest BCUT2D eigenvalue weighted by Gasteiger charge is -2.35. The first-order chi connectivity index (χ1) is 16.6. The predicted octanol–water partition coefficient (Wildman–Crippen LogP) is 4.83. The van der Waals surface area contributed by atoms with Crippen LogP contribution in [0.1, 0.15) is 38.4 Å². The highest BCUT2D eigenvalue weighted by atomic mass is 16.6. The number of benzene rings is 2. The van der Waals surface area contributed by atoms with Crippen LogP contribution < -0.4 is 4.90 Å². The van der Waals surface area contributed by atoms with Crippen molar-refractivity contribution in [2.75, 3.05) is 44.2 Å². The quantitative estimate of drug-likeness (QED) is 0.510. The van der Waals surface area contributed by atoms with Crippen molar-refractivity contribution in [1.29, 1.82) is 0 Å². The van der Waals surface area contributed by atoms with Crippen molar-refractivity contribution >= 4 is 22.6 Å². The summed E-state index contributed by atoms with van der Waals surface area (Å²) in [7, 11) is 0.